The van der Waals surface area contributed by atoms with Crippen LogP contribution in [0.3, 0.4) is 0 Å². The molecule has 0 amide bonds. The third-order valence-corrected chi connectivity index (χ3v) is 7.06. The zero-order valence-corrected chi connectivity index (χ0v) is 18.6. The molecule has 0 saturated heterocycles. The van der Waals surface area contributed by atoms with Gasteiger partial charge >= 0.3 is 0 Å². The van der Waals surface area contributed by atoms with Crippen LogP contribution < -0.4 is 0 Å². The second kappa shape index (κ2) is 6.66. The second-order valence-electron chi connectivity index (χ2n) is 8.96. The standard InChI is InChI=1S/C31H22N2/c1-19-8-7-9-20(2)28(19)27-18-32-31-26-13-6-5-12-24(26)25-17-16-22-15-14-21-10-3-4-11-23(21)29(22)30(25)33(27)31/h3-18H,1-2H3. The van der Waals surface area contributed by atoms with Crippen molar-refractivity contribution in [3.63, 3.8) is 0 Å². The smallest absolute Gasteiger partial charge is 0.145 e. The summed E-state index contributed by atoms with van der Waals surface area (Å²) in [6.07, 6.45) is 2.06. The van der Waals surface area contributed by atoms with Gasteiger partial charge in [-0.2, -0.15) is 0 Å². The Kier molecular flexibility index (Phi) is 3.72. The van der Waals surface area contributed by atoms with E-state index >= 15 is 0 Å². The number of fused-ring (bicyclic) bond motifs is 10. The lowest BCUT2D eigenvalue weighted by Crippen LogP contribution is -1.97. The van der Waals surface area contributed by atoms with Crippen LogP contribution in [-0.4, -0.2) is 9.38 Å². The molecule has 0 bridgehead atoms. The molecule has 0 atom stereocenters. The average molecular weight is 423 g/mol. The number of aromatic nitrogens is 2. The van der Waals surface area contributed by atoms with Crippen LogP contribution in [0.4, 0.5) is 0 Å². The van der Waals surface area contributed by atoms with Crippen LogP contribution in [0.5, 0.6) is 0 Å². The zero-order chi connectivity index (χ0) is 22.1. The van der Waals surface area contributed by atoms with Crippen molar-refractivity contribution in [3.05, 3.63) is 108 Å². The number of aryl methyl sites for hydroxylation is 2. The van der Waals surface area contributed by atoms with Crippen LogP contribution >= 0.6 is 0 Å². The molecule has 2 heterocycles. The fraction of sp³-hybridized carbons (Fsp3) is 0.0645. The monoisotopic (exact) mass is 422 g/mol. The van der Waals surface area contributed by atoms with Gasteiger partial charge in [-0.3, -0.25) is 4.40 Å². The van der Waals surface area contributed by atoms with Crippen molar-refractivity contribution in [3.8, 4) is 11.3 Å². The number of hydrogen-bond acceptors (Lipinski definition) is 1. The van der Waals surface area contributed by atoms with Gasteiger partial charge in [0.05, 0.1) is 17.4 Å². The normalized spacial score (nSPS) is 11.9. The van der Waals surface area contributed by atoms with Crippen LogP contribution in [0.1, 0.15) is 11.1 Å². The quantitative estimate of drug-likeness (QED) is 0.244. The highest BCUT2D eigenvalue weighted by Gasteiger charge is 2.19. The minimum atomic E-state index is 1.01. The van der Waals surface area contributed by atoms with Crippen molar-refractivity contribution >= 4 is 48.9 Å². The average Bonchev–Trinajstić information content (AvgIpc) is 3.28. The Balaban J connectivity index is 1.85. The topological polar surface area (TPSA) is 17.3 Å². The molecule has 0 N–H and O–H groups in total. The summed E-state index contributed by atoms with van der Waals surface area (Å²) < 4.78 is 2.40. The van der Waals surface area contributed by atoms with Crippen LogP contribution in [0, 0.1) is 13.8 Å². The zero-order valence-electron chi connectivity index (χ0n) is 18.6. The Bertz CT molecular complexity index is 1870. The van der Waals surface area contributed by atoms with Gasteiger partial charge in [0.15, 0.2) is 0 Å². The lowest BCUT2D eigenvalue weighted by molar-refractivity contribution is 1.25. The predicted molar refractivity (Wildman–Crippen MR) is 140 cm³/mol. The highest BCUT2D eigenvalue weighted by Crippen LogP contribution is 2.40. The first-order chi connectivity index (χ1) is 16.2. The summed E-state index contributed by atoms with van der Waals surface area (Å²) in [6.45, 7) is 4.39. The van der Waals surface area contributed by atoms with E-state index in [4.69, 9.17) is 4.98 Å². The molecule has 0 unspecified atom stereocenters. The van der Waals surface area contributed by atoms with Gasteiger partial charge in [-0.1, -0.05) is 91.0 Å². The number of benzene rings is 5. The van der Waals surface area contributed by atoms with Crippen LogP contribution in [0.2, 0.25) is 0 Å². The molecular weight excluding hydrogens is 400 g/mol. The van der Waals surface area contributed by atoms with Crippen molar-refractivity contribution in [1.82, 2.24) is 9.38 Å². The third kappa shape index (κ3) is 2.46. The molecule has 0 aliphatic rings. The molecule has 7 aromatic rings. The first-order valence-electron chi connectivity index (χ1n) is 11.4. The Morgan fingerprint density at radius 2 is 1.24 bits per heavy atom. The number of rotatable bonds is 1. The van der Waals surface area contributed by atoms with Gasteiger partial charge in [0.2, 0.25) is 0 Å². The fourth-order valence-corrected chi connectivity index (χ4v) is 5.60. The molecule has 7 rings (SSSR count). The molecule has 2 aromatic heterocycles. The van der Waals surface area contributed by atoms with E-state index < -0.39 is 0 Å². The highest BCUT2D eigenvalue weighted by atomic mass is 15.0. The van der Waals surface area contributed by atoms with Crippen molar-refractivity contribution in [2.75, 3.05) is 0 Å². The molecule has 2 heteroatoms. The van der Waals surface area contributed by atoms with Gasteiger partial charge in [0.1, 0.15) is 5.65 Å². The lowest BCUT2D eigenvalue weighted by atomic mass is 9.96. The maximum atomic E-state index is 5.01. The van der Waals surface area contributed by atoms with Crippen LogP contribution in [0.15, 0.2) is 97.2 Å². The summed E-state index contributed by atoms with van der Waals surface area (Å²) >= 11 is 0. The van der Waals surface area contributed by atoms with Gasteiger partial charge in [0.25, 0.3) is 0 Å². The highest BCUT2D eigenvalue weighted by molar-refractivity contribution is 6.25. The molecule has 0 aliphatic carbocycles. The molecule has 0 fully saturated rings. The van der Waals surface area contributed by atoms with E-state index in [1.165, 1.54) is 59.9 Å². The summed E-state index contributed by atoms with van der Waals surface area (Å²) in [5, 5.41) is 8.75. The van der Waals surface area contributed by atoms with E-state index in [1.54, 1.807) is 0 Å². The maximum absolute atomic E-state index is 5.01. The SMILES string of the molecule is Cc1cccc(C)c1-c1cnc2c3ccccc3c3ccc4ccc5ccccc5c4c3n12. The molecule has 0 radical (unpaired) electrons. The van der Waals surface area contributed by atoms with Crippen LogP contribution in [-0.2, 0) is 0 Å². The summed E-state index contributed by atoms with van der Waals surface area (Å²) in [4.78, 5) is 5.01. The number of pyridine rings is 1. The summed E-state index contributed by atoms with van der Waals surface area (Å²) in [6, 6.07) is 32.9. The van der Waals surface area contributed by atoms with Gasteiger partial charge in [-0.25, -0.2) is 4.98 Å². The first kappa shape index (κ1) is 18.4. The van der Waals surface area contributed by atoms with E-state index in [2.05, 4.69) is 115 Å². The van der Waals surface area contributed by atoms with Gasteiger partial charge in [-0.15, -0.1) is 0 Å². The first-order valence-corrected chi connectivity index (χ1v) is 11.4. The molecule has 0 spiro atoms. The molecule has 5 aromatic carbocycles. The molecule has 2 nitrogen and oxygen atoms in total. The van der Waals surface area contributed by atoms with Crippen molar-refractivity contribution < 1.29 is 0 Å². The van der Waals surface area contributed by atoms with E-state index in [9.17, 15) is 0 Å². The van der Waals surface area contributed by atoms with E-state index in [0.717, 1.165) is 11.3 Å². The van der Waals surface area contributed by atoms with E-state index in [0.29, 0.717) is 0 Å². The Morgan fingerprint density at radius 3 is 2.06 bits per heavy atom. The molecule has 33 heavy (non-hydrogen) atoms. The summed E-state index contributed by atoms with van der Waals surface area (Å²) in [5.41, 5.74) is 7.19. The van der Waals surface area contributed by atoms with Crippen molar-refractivity contribution in [2.45, 2.75) is 13.8 Å². The van der Waals surface area contributed by atoms with E-state index in [-0.39, 0.29) is 0 Å². The minimum Gasteiger partial charge on any atom is -0.291 e. The number of hydrogen-bond donors (Lipinski definition) is 0. The lowest BCUT2D eigenvalue weighted by Gasteiger charge is -2.16. The Morgan fingerprint density at radius 1 is 0.576 bits per heavy atom. The number of imidazole rings is 1. The predicted octanol–water partition coefficient (Wildman–Crippen LogP) is 8.23. The third-order valence-electron chi connectivity index (χ3n) is 7.06. The molecular formula is C31H22N2. The van der Waals surface area contributed by atoms with Crippen molar-refractivity contribution in [1.29, 1.82) is 0 Å². The molecule has 0 saturated carbocycles. The Labute approximate surface area is 191 Å². The molecule has 156 valence electrons. The molecule has 0 aliphatic heterocycles. The number of nitrogens with zero attached hydrogens (tertiary/aromatic N) is 2. The largest absolute Gasteiger partial charge is 0.291 e. The fourth-order valence-electron chi connectivity index (χ4n) is 5.60. The van der Waals surface area contributed by atoms with Gasteiger partial charge in [-0.05, 0) is 46.5 Å². The summed E-state index contributed by atoms with van der Waals surface area (Å²) in [7, 11) is 0. The maximum Gasteiger partial charge on any atom is 0.145 e. The minimum absolute atomic E-state index is 1.01. The van der Waals surface area contributed by atoms with E-state index in [1.807, 2.05) is 0 Å². The summed E-state index contributed by atoms with van der Waals surface area (Å²) in [5.74, 6) is 0. The van der Waals surface area contributed by atoms with Crippen molar-refractivity contribution in [2.24, 2.45) is 0 Å². The second-order valence-corrected chi connectivity index (χ2v) is 8.96. The van der Waals surface area contributed by atoms with Gasteiger partial charge < -0.3 is 0 Å². The Hall–Kier alpha value is -4.17. The van der Waals surface area contributed by atoms with Crippen LogP contribution in [0.25, 0.3) is 60.1 Å². The van der Waals surface area contributed by atoms with Gasteiger partial charge in [0, 0.05) is 21.7 Å².